The summed E-state index contributed by atoms with van der Waals surface area (Å²) in [5, 5.41) is 13.8. The van der Waals surface area contributed by atoms with E-state index in [1.807, 2.05) is 19.9 Å². The van der Waals surface area contributed by atoms with Crippen molar-refractivity contribution in [2.75, 3.05) is 0 Å². The molecule has 0 fully saturated rings. The second-order valence-electron chi connectivity index (χ2n) is 5.47. The Bertz CT molecular complexity index is 623. The van der Waals surface area contributed by atoms with Gasteiger partial charge in [-0.3, -0.25) is 4.68 Å². The highest BCUT2D eigenvalue weighted by molar-refractivity contribution is 5.94. The first-order valence-corrected chi connectivity index (χ1v) is 6.76. The van der Waals surface area contributed by atoms with Gasteiger partial charge in [0.15, 0.2) is 0 Å². The Morgan fingerprint density at radius 2 is 2.15 bits per heavy atom. The Kier molecular flexibility index (Phi) is 3.97. The number of aromatic nitrogens is 2. The Morgan fingerprint density at radius 1 is 1.45 bits per heavy atom. The fourth-order valence-corrected chi connectivity index (χ4v) is 2.15. The van der Waals surface area contributed by atoms with E-state index >= 15 is 0 Å². The van der Waals surface area contributed by atoms with E-state index in [0.29, 0.717) is 23.9 Å². The van der Waals surface area contributed by atoms with Gasteiger partial charge < -0.3 is 9.52 Å². The number of carboxylic acid groups (broad SMARTS) is 1. The van der Waals surface area contributed by atoms with Gasteiger partial charge in [-0.15, -0.1) is 0 Å². The van der Waals surface area contributed by atoms with Crippen molar-refractivity contribution in [3.05, 3.63) is 29.3 Å². The molecule has 0 aliphatic carbocycles. The van der Waals surface area contributed by atoms with Crippen molar-refractivity contribution in [2.24, 2.45) is 5.92 Å². The van der Waals surface area contributed by atoms with Gasteiger partial charge in [0, 0.05) is 18.3 Å². The number of rotatable bonds is 5. The minimum Gasteiger partial charge on any atom is -0.478 e. The minimum absolute atomic E-state index is 0.220. The number of hydrogen-bond acceptors (Lipinski definition) is 3. The van der Waals surface area contributed by atoms with Crippen LogP contribution in [0.5, 0.6) is 0 Å². The van der Waals surface area contributed by atoms with E-state index in [-0.39, 0.29) is 5.56 Å². The summed E-state index contributed by atoms with van der Waals surface area (Å²) in [5.41, 5.74) is 1.46. The zero-order valence-corrected chi connectivity index (χ0v) is 12.3. The molecule has 0 amide bonds. The average molecular weight is 276 g/mol. The molecule has 5 heteroatoms. The van der Waals surface area contributed by atoms with E-state index < -0.39 is 5.97 Å². The molecular formula is C15H20N2O3. The molecule has 0 spiro atoms. The Hall–Kier alpha value is -2.04. The summed E-state index contributed by atoms with van der Waals surface area (Å²) in [6.07, 6.45) is 2.56. The van der Waals surface area contributed by atoms with Crippen molar-refractivity contribution in [1.29, 1.82) is 0 Å². The number of hydrogen-bond donors (Lipinski definition) is 1. The number of aryl methyl sites for hydroxylation is 3. The molecule has 108 valence electrons. The molecule has 2 aromatic rings. The van der Waals surface area contributed by atoms with Crippen LogP contribution in [0.1, 0.15) is 42.1 Å². The van der Waals surface area contributed by atoms with Crippen LogP contribution in [-0.4, -0.2) is 20.9 Å². The Morgan fingerprint density at radius 3 is 2.65 bits per heavy atom. The van der Waals surface area contributed by atoms with Crippen molar-refractivity contribution >= 4 is 5.97 Å². The van der Waals surface area contributed by atoms with Crippen molar-refractivity contribution in [3.63, 3.8) is 0 Å². The molecule has 0 aliphatic heterocycles. The Labute approximate surface area is 118 Å². The molecule has 0 saturated heterocycles. The highest BCUT2D eigenvalue weighted by Gasteiger charge is 2.20. The number of carbonyl (C=O) groups is 1. The molecule has 0 aromatic carbocycles. The second kappa shape index (κ2) is 5.53. The second-order valence-corrected chi connectivity index (χ2v) is 5.47. The van der Waals surface area contributed by atoms with Crippen LogP contribution in [0, 0.1) is 19.8 Å². The molecule has 0 radical (unpaired) electrons. The molecule has 2 heterocycles. The average Bonchev–Trinajstić information content (AvgIpc) is 2.89. The highest BCUT2D eigenvalue weighted by atomic mass is 16.4. The van der Waals surface area contributed by atoms with Crippen molar-refractivity contribution in [2.45, 2.75) is 40.7 Å². The summed E-state index contributed by atoms with van der Waals surface area (Å²) < 4.78 is 7.18. The lowest BCUT2D eigenvalue weighted by Crippen LogP contribution is -2.02. The first kappa shape index (κ1) is 14.4. The quantitative estimate of drug-likeness (QED) is 0.907. The number of nitrogens with zero attached hydrogens (tertiary/aromatic N) is 2. The third-order valence-corrected chi connectivity index (χ3v) is 3.22. The summed E-state index contributed by atoms with van der Waals surface area (Å²) >= 11 is 0. The third-order valence-electron chi connectivity index (χ3n) is 3.22. The minimum atomic E-state index is -0.964. The van der Waals surface area contributed by atoms with Crippen LogP contribution in [0.2, 0.25) is 0 Å². The third kappa shape index (κ3) is 2.92. The number of aromatic carboxylic acids is 1. The predicted molar refractivity (Wildman–Crippen MR) is 75.8 cm³/mol. The van der Waals surface area contributed by atoms with Crippen LogP contribution in [0.15, 0.2) is 16.7 Å². The molecule has 0 saturated carbocycles. The van der Waals surface area contributed by atoms with Gasteiger partial charge >= 0.3 is 5.97 Å². The molecule has 5 nitrogen and oxygen atoms in total. The predicted octanol–water partition coefficient (Wildman–Crippen LogP) is 3.50. The van der Waals surface area contributed by atoms with E-state index in [1.54, 1.807) is 10.9 Å². The maximum atomic E-state index is 11.4. The van der Waals surface area contributed by atoms with Gasteiger partial charge in [0.1, 0.15) is 22.8 Å². The molecule has 0 aliphatic rings. The summed E-state index contributed by atoms with van der Waals surface area (Å²) in [6.45, 7) is 8.64. The molecule has 0 unspecified atom stereocenters. The molecule has 0 bridgehead atoms. The standard InChI is InChI=1S/C15H20N2O3/c1-9(2)5-6-17-8-13(15(18)19)14(16-17)12-7-10(3)20-11(12)4/h7-9H,5-6H2,1-4H3,(H,18,19). The van der Waals surface area contributed by atoms with Crippen molar-refractivity contribution in [3.8, 4) is 11.3 Å². The monoisotopic (exact) mass is 276 g/mol. The summed E-state index contributed by atoms with van der Waals surface area (Å²) in [5.74, 6) is 1.03. The number of carboxylic acids is 1. The van der Waals surface area contributed by atoms with Crippen LogP contribution in [-0.2, 0) is 6.54 Å². The smallest absolute Gasteiger partial charge is 0.339 e. The van der Waals surface area contributed by atoms with Crippen molar-refractivity contribution in [1.82, 2.24) is 9.78 Å². The first-order valence-electron chi connectivity index (χ1n) is 6.76. The van der Waals surface area contributed by atoms with E-state index in [1.165, 1.54) is 0 Å². The van der Waals surface area contributed by atoms with E-state index in [2.05, 4.69) is 18.9 Å². The molecule has 0 atom stereocenters. The van der Waals surface area contributed by atoms with Gasteiger partial charge in [0.2, 0.25) is 0 Å². The van der Waals surface area contributed by atoms with Gasteiger partial charge in [0.05, 0.1) is 0 Å². The van der Waals surface area contributed by atoms with E-state index in [9.17, 15) is 9.90 Å². The van der Waals surface area contributed by atoms with Gasteiger partial charge in [-0.2, -0.15) is 5.10 Å². The summed E-state index contributed by atoms with van der Waals surface area (Å²) in [7, 11) is 0. The topological polar surface area (TPSA) is 68.3 Å². The maximum Gasteiger partial charge on any atom is 0.339 e. The fraction of sp³-hybridized carbons (Fsp3) is 0.467. The summed E-state index contributed by atoms with van der Waals surface area (Å²) in [6, 6.07) is 1.83. The van der Waals surface area contributed by atoms with Crippen LogP contribution < -0.4 is 0 Å². The lowest BCUT2D eigenvalue weighted by molar-refractivity contribution is 0.0697. The fourth-order valence-electron chi connectivity index (χ4n) is 2.15. The first-order chi connectivity index (χ1) is 9.38. The van der Waals surface area contributed by atoms with Crippen LogP contribution >= 0.6 is 0 Å². The summed E-state index contributed by atoms with van der Waals surface area (Å²) in [4.78, 5) is 11.4. The van der Waals surface area contributed by atoms with Gasteiger partial charge in [-0.05, 0) is 32.3 Å². The van der Waals surface area contributed by atoms with Gasteiger partial charge in [-0.25, -0.2) is 4.79 Å². The van der Waals surface area contributed by atoms with Crippen molar-refractivity contribution < 1.29 is 14.3 Å². The molecule has 2 aromatic heterocycles. The van der Waals surface area contributed by atoms with Crippen LogP contribution in [0.3, 0.4) is 0 Å². The zero-order chi connectivity index (χ0) is 14.9. The molecule has 1 N–H and O–H groups in total. The lowest BCUT2D eigenvalue weighted by atomic mass is 10.1. The van der Waals surface area contributed by atoms with E-state index in [0.717, 1.165) is 17.7 Å². The van der Waals surface area contributed by atoms with Crippen LogP contribution in [0.4, 0.5) is 0 Å². The van der Waals surface area contributed by atoms with Gasteiger partial charge in [-0.1, -0.05) is 13.8 Å². The SMILES string of the molecule is Cc1cc(-c2nn(CCC(C)C)cc2C(=O)O)c(C)o1. The normalized spacial score (nSPS) is 11.2. The Balaban J connectivity index is 2.41. The largest absolute Gasteiger partial charge is 0.478 e. The van der Waals surface area contributed by atoms with Crippen LogP contribution in [0.25, 0.3) is 11.3 Å². The molecule has 20 heavy (non-hydrogen) atoms. The molecule has 2 rings (SSSR count). The number of furan rings is 1. The lowest BCUT2D eigenvalue weighted by Gasteiger charge is -2.03. The maximum absolute atomic E-state index is 11.4. The highest BCUT2D eigenvalue weighted by Crippen LogP contribution is 2.28. The molecular weight excluding hydrogens is 256 g/mol. The van der Waals surface area contributed by atoms with E-state index in [4.69, 9.17) is 4.42 Å². The van der Waals surface area contributed by atoms with Gasteiger partial charge in [0.25, 0.3) is 0 Å². The zero-order valence-electron chi connectivity index (χ0n) is 12.3.